The maximum atomic E-state index is 12.8. The van der Waals surface area contributed by atoms with Crippen LogP contribution in [0, 0.1) is 0 Å². The molecular formula is C61H104O5. The summed E-state index contributed by atoms with van der Waals surface area (Å²) in [4.78, 5) is 25.5. The van der Waals surface area contributed by atoms with E-state index in [0.29, 0.717) is 19.4 Å². The van der Waals surface area contributed by atoms with Crippen LogP contribution in [0.3, 0.4) is 0 Å². The fraction of sp³-hybridized carbons (Fsp3) is 0.705. The van der Waals surface area contributed by atoms with Gasteiger partial charge in [-0.2, -0.15) is 0 Å². The first kappa shape index (κ1) is 62.8. The first-order valence-corrected chi connectivity index (χ1v) is 27.8. The van der Waals surface area contributed by atoms with Crippen molar-refractivity contribution in [2.75, 3.05) is 19.8 Å². The van der Waals surface area contributed by atoms with Crippen molar-refractivity contribution in [1.29, 1.82) is 0 Å². The highest BCUT2D eigenvalue weighted by Gasteiger charge is 2.17. The minimum Gasteiger partial charge on any atom is -0.462 e. The Morgan fingerprint density at radius 2 is 0.697 bits per heavy atom. The van der Waals surface area contributed by atoms with Gasteiger partial charge in [-0.3, -0.25) is 9.59 Å². The lowest BCUT2D eigenvalue weighted by atomic mass is 10.0. The van der Waals surface area contributed by atoms with Gasteiger partial charge in [-0.25, -0.2) is 0 Å². The average Bonchev–Trinajstić information content (AvgIpc) is 3.32. The summed E-state index contributed by atoms with van der Waals surface area (Å²) < 4.78 is 17.4. The Balaban J connectivity index is 4.38. The molecule has 0 amide bonds. The molecule has 0 aromatic rings. The van der Waals surface area contributed by atoms with Crippen molar-refractivity contribution in [2.24, 2.45) is 0 Å². The maximum Gasteiger partial charge on any atom is 0.306 e. The van der Waals surface area contributed by atoms with Crippen molar-refractivity contribution in [3.63, 3.8) is 0 Å². The molecule has 5 nitrogen and oxygen atoms in total. The van der Waals surface area contributed by atoms with Gasteiger partial charge < -0.3 is 14.2 Å². The second-order valence-electron chi connectivity index (χ2n) is 18.1. The summed E-state index contributed by atoms with van der Waals surface area (Å²) in [7, 11) is 0. The molecule has 0 aromatic heterocycles. The number of allylic oxidation sites excluding steroid dienone is 16. The molecule has 1 atom stereocenters. The highest BCUT2D eigenvalue weighted by molar-refractivity contribution is 5.70. The molecule has 0 saturated heterocycles. The number of rotatable bonds is 50. The van der Waals surface area contributed by atoms with Gasteiger partial charge in [-0.05, 0) is 89.9 Å². The first-order valence-electron chi connectivity index (χ1n) is 27.8. The maximum absolute atomic E-state index is 12.8. The van der Waals surface area contributed by atoms with Crippen molar-refractivity contribution in [1.82, 2.24) is 0 Å². The van der Waals surface area contributed by atoms with Gasteiger partial charge in [0.1, 0.15) is 6.61 Å². The average molecular weight is 917 g/mol. The molecule has 0 radical (unpaired) electrons. The van der Waals surface area contributed by atoms with Crippen LogP contribution < -0.4 is 0 Å². The van der Waals surface area contributed by atoms with Gasteiger partial charge in [0.15, 0.2) is 6.10 Å². The lowest BCUT2D eigenvalue weighted by Gasteiger charge is -2.18. The fourth-order valence-corrected chi connectivity index (χ4v) is 7.56. The van der Waals surface area contributed by atoms with E-state index in [4.69, 9.17) is 14.2 Å². The molecule has 0 saturated carbocycles. The van der Waals surface area contributed by atoms with Gasteiger partial charge in [0.05, 0.1) is 6.61 Å². The predicted molar refractivity (Wildman–Crippen MR) is 288 cm³/mol. The van der Waals surface area contributed by atoms with Crippen LogP contribution in [0.25, 0.3) is 0 Å². The third kappa shape index (κ3) is 53.4. The molecule has 1 unspecified atom stereocenters. The molecule has 0 rings (SSSR count). The quantitative estimate of drug-likeness (QED) is 0.0346. The molecule has 0 N–H and O–H groups in total. The SMILES string of the molecule is CC/C=C\C/C=C\C/C=C\C/C=C\C/C=C\CCCC(=O)OCC(COCCCCCCCCCCCCCCCCCC)OC(=O)CCCCCCCCC/C=C\C/C=C\C/C=C\CC. The third-order valence-corrected chi connectivity index (χ3v) is 11.6. The topological polar surface area (TPSA) is 61.8 Å². The summed E-state index contributed by atoms with van der Waals surface area (Å²) in [5.41, 5.74) is 0. The van der Waals surface area contributed by atoms with Crippen molar-refractivity contribution < 1.29 is 23.8 Å². The minimum absolute atomic E-state index is 0.0493. The van der Waals surface area contributed by atoms with E-state index in [1.54, 1.807) is 0 Å². The molecule has 0 bridgehead atoms. The molecule has 0 aliphatic carbocycles. The Kier molecular flexibility index (Phi) is 53.4. The molecule has 0 aliphatic rings. The molecule has 66 heavy (non-hydrogen) atoms. The molecule has 0 heterocycles. The van der Waals surface area contributed by atoms with Crippen molar-refractivity contribution in [2.45, 2.75) is 258 Å². The van der Waals surface area contributed by atoms with E-state index in [-0.39, 0.29) is 25.2 Å². The van der Waals surface area contributed by atoms with E-state index < -0.39 is 6.10 Å². The number of esters is 2. The molecule has 0 aliphatic heterocycles. The van der Waals surface area contributed by atoms with Gasteiger partial charge in [0.25, 0.3) is 0 Å². The molecular weight excluding hydrogens is 813 g/mol. The van der Waals surface area contributed by atoms with Gasteiger partial charge in [0, 0.05) is 19.4 Å². The zero-order chi connectivity index (χ0) is 47.7. The standard InChI is InChI=1S/C61H104O5/c1-4-7-10-13-16-19-22-25-28-31-33-36-39-42-45-48-51-54-60(62)65-58-59(57-64-56-53-50-47-44-41-38-35-30-27-24-21-18-15-12-9-6-3)66-61(63)55-52-49-46-43-40-37-34-32-29-26-23-20-17-14-11-8-5-2/h7-8,10-11,16-17,19-20,25-26,28-29,33,36,42,45,59H,4-6,9,12-15,18,21-24,27,30-32,34-35,37-41,43-44,46-58H2,1-3H3/b10-7-,11-8-,19-16-,20-17-,28-25-,29-26-,36-33-,45-42-. The van der Waals surface area contributed by atoms with Crippen LogP contribution in [0.4, 0.5) is 0 Å². The number of carbonyl (C=O) groups excluding carboxylic acids is 2. The van der Waals surface area contributed by atoms with Gasteiger partial charge in [-0.15, -0.1) is 0 Å². The summed E-state index contributed by atoms with van der Waals surface area (Å²) in [6, 6.07) is 0. The highest BCUT2D eigenvalue weighted by atomic mass is 16.6. The Bertz CT molecular complexity index is 1270. The van der Waals surface area contributed by atoms with E-state index in [2.05, 4.69) is 118 Å². The summed E-state index contributed by atoms with van der Waals surface area (Å²) in [6.07, 6.45) is 75.7. The molecule has 0 fully saturated rings. The van der Waals surface area contributed by atoms with Crippen LogP contribution in [0.1, 0.15) is 252 Å². The zero-order valence-corrected chi connectivity index (χ0v) is 43.4. The Morgan fingerprint density at radius 3 is 1.14 bits per heavy atom. The number of unbranched alkanes of at least 4 members (excludes halogenated alkanes) is 23. The fourth-order valence-electron chi connectivity index (χ4n) is 7.56. The van der Waals surface area contributed by atoms with Crippen molar-refractivity contribution in [3.8, 4) is 0 Å². The predicted octanol–water partition coefficient (Wildman–Crippen LogP) is 19.0. The van der Waals surface area contributed by atoms with Gasteiger partial charge >= 0.3 is 11.9 Å². The lowest BCUT2D eigenvalue weighted by molar-refractivity contribution is -0.163. The first-order chi connectivity index (χ1) is 32.6. The molecule has 378 valence electrons. The smallest absolute Gasteiger partial charge is 0.306 e. The monoisotopic (exact) mass is 917 g/mol. The van der Waals surface area contributed by atoms with Crippen LogP contribution in [0.5, 0.6) is 0 Å². The van der Waals surface area contributed by atoms with Crippen LogP contribution in [-0.2, 0) is 23.8 Å². The van der Waals surface area contributed by atoms with Crippen LogP contribution in [0.15, 0.2) is 97.2 Å². The van der Waals surface area contributed by atoms with Crippen molar-refractivity contribution >= 4 is 11.9 Å². The van der Waals surface area contributed by atoms with Crippen molar-refractivity contribution in [3.05, 3.63) is 97.2 Å². The van der Waals surface area contributed by atoms with E-state index in [1.807, 2.05) is 0 Å². The second kappa shape index (κ2) is 56.1. The Morgan fingerprint density at radius 1 is 0.348 bits per heavy atom. The number of hydrogen-bond acceptors (Lipinski definition) is 5. The van der Waals surface area contributed by atoms with Crippen LogP contribution in [-0.4, -0.2) is 37.9 Å². The molecule has 0 aromatic carbocycles. The largest absolute Gasteiger partial charge is 0.462 e. The van der Waals surface area contributed by atoms with E-state index in [0.717, 1.165) is 103 Å². The highest BCUT2D eigenvalue weighted by Crippen LogP contribution is 2.15. The van der Waals surface area contributed by atoms with E-state index in [1.165, 1.54) is 116 Å². The zero-order valence-electron chi connectivity index (χ0n) is 43.4. The summed E-state index contributed by atoms with van der Waals surface area (Å²) in [6.45, 7) is 7.56. The number of ether oxygens (including phenoxy) is 3. The van der Waals surface area contributed by atoms with Gasteiger partial charge in [-0.1, -0.05) is 246 Å². The summed E-state index contributed by atoms with van der Waals surface area (Å²) in [5, 5.41) is 0. The Labute approximate surface area is 409 Å². The van der Waals surface area contributed by atoms with Gasteiger partial charge in [0.2, 0.25) is 0 Å². The minimum atomic E-state index is -0.568. The van der Waals surface area contributed by atoms with Crippen LogP contribution >= 0.6 is 0 Å². The third-order valence-electron chi connectivity index (χ3n) is 11.6. The van der Waals surface area contributed by atoms with E-state index >= 15 is 0 Å². The lowest BCUT2D eigenvalue weighted by Crippen LogP contribution is -2.30. The summed E-state index contributed by atoms with van der Waals surface area (Å²) in [5.74, 6) is -0.472. The van der Waals surface area contributed by atoms with Crippen LogP contribution in [0.2, 0.25) is 0 Å². The molecule has 0 spiro atoms. The second-order valence-corrected chi connectivity index (χ2v) is 18.1. The van der Waals surface area contributed by atoms with E-state index in [9.17, 15) is 9.59 Å². The normalized spacial score (nSPS) is 13.0. The molecule has 5 heteroatoms. The Hall–Kier alpha value is -3.18. The number of carbonyl (C=O) groups is 2. The summed E-state index contributed by atoms with van der Waals surface area (Å²) >= 11 is 0. The number of hydrogen-bond donors (Lipinski definition) is 0.